The Morgan fingerprint density at radius 3 is 2.56 bits per heavy atom. The van der Waals surface area contributed by atoms with Crippen LogP contribution < -0.4 is 4.72 Å². The van der Waals surface area contributed by atoms with Crippen LogP contribution in [0.3, 0.4) is 0 Å². The Morgan fingerprint density at radius 1 is 1.12 bits per heavy atom. The summed E-state index contributed by atoms with van der Waals surface area (Å²) in [6, 6.07) is 8.24. The lowest BCUT2D eigenvalue weighted by Gasteiger charge is -2.20. The predicted molar refractivity (Wildman–Crippen MR) is 91.4 cm³/mol. The van der Waals surface area contributed by atoms with Crippen molar-refractivity contribution in [2.75, 3.05) is 4.72 Å². The van der Waals surface area contributed by atoms with Gasteiger partial charge < -0.3 is 4.42 Å². The molecule has 0 amide bonds. The molecule has 1 aliphatic carbocycles. The van der Waals surface area contributed by atoms with Gasteiger partial charge in [0, 0.05) is 11.6 Å². The predicted octanol–water partition coefficient (Wildman–Crippen LogP) is 4.01. The van der Waals surface area contributed by atoms with Crippen molar-refractivity contribution in [2.45, 2.75) is 29.4 Å². The van der Waals surface area contributed by atoms with Gasteiger partial charge in [0.1, 0.15) is 10.0 Å². The van der Waals surface area contributed by atoms with Crippen molar-refractivity contribution < 1.29 is 17.2 Å². The average Bonchev–Trinajstić information content (AvgIpc) is 3.17. The second kappa shape index (κ2) is 6.23. The van der Waals surface area contributed by atoms with E-state index >= 15 is 0 Å². The van der Waals surface area contributed by atoms with Crippen molar-refractivity contribution in [3.63, 3.8) is 0 Å². The topological polar surface area (TPSA) is 85.1 Å². The number of sulfonamides is 1. The van der Waals surface area contributed by atoms with Crippen molar-refractivity contribution in [3.05, 3.63) is 48.1 Å². The monoisotopic (exact) mass is 379 g/mol. The summed E-state index contributed by atoms with van der Waals surface area (Å²) in [5.74, 6) is 0.836. The molecule has 2 aromatic heterocycles. The zero-order chi connectivity index (χ0) is 17.4. The van der Waals surface area contributed by atoms with Gasteiger partial charge in [-0.3, -0.25) is 4.72 Å². The first kappa shape index (κ1) is 16.2. The van der Waals surface area contributed by atoms with E-state index in [1.165, 1.54) is 36.8 Å². The molecule has 0 saturated heterocycles. The number of thiophene rings is 1. The quantitative estimate of drug-likeness (QED) is 0.724. The van der Waals surface area contributed by atoms with Crippen LogP contribution in [0.4, 0.5) is 10.1 Å². The summed E-state index contributed by atoms with van der Waals surface area (Å²) in [5, 5.41) is 8.07. The molecule has 0 aliphatic heterocycles. The third-order valence-electron chi connectivity index (χ3n) is 4.05. The van der Waals surface area contributed by atoms with Gasteiger partial charge in [-0.25, -0.2) is 12.8 Å². The van der Waals surface area contributed by atoms with Gasteiger partial charge in [-0.05, 0) is 49.2 Å². The van der Waals surface area contributed by atoms with Crippen LogP contribution in [0.2, 0.25) is 0 Å². The summed E-state index contributed by atoms with van der Waals surface area (Å²) in [7, 11) is -3.76. The molecular weight excluding hydrogens is 365 g/mol. The molecule has 0 unspecified atom stereocenters. The van der Waals surface area contributed by atoms with Crippen molar-refractivity contribution in [3.8, 4) is 10.8 Å². The van der Waals surface area contributed by atoms with Crippen molar-refractivity contribution in [1.82, 2.24) is 10.2 Å². The van der Waals surface area contributed by atoms with Gasteiger partial charge >= 0.3 is 0 Å². The Balaban J connectivity index is 1.55. The van der Waals surface area contributed by atoms with Crippen LogP contribution in [0.15, 0.2) is 45.0 Å². The minimum Gasteiger partial charge on any atom is -0.420 e. The Labute approximate surface area is 147 Å². The SMILES string of the molecule is O=S(=O)(Nc1ccc(F)cc1)c1ccc(-c2nnc(C3CCC3)o2)s1. The molecular formula is C16H14FN3O3S2. The highest BCUT2D eigenvalue weighted by Gasteiger charge is 2.26. The number of benzene rings is 1. The van der Waals surface area contributed by atoms with Crippen molar-refractivity contribution >= 4 is 27.0 Å². The Kier molecular flexibility index (Phi) is 4.04. The first-order valence-corrected chi connectivity index (χ1v) is 10.0. The van der Waals surface area contributed by atoms with Crippen LogP contribution in [0.25, 0.3) is 10.8 Å². The zero-order valence-electron chi connectivity index (χ0n) is 13.0. The highest BCUT2D eigenvalue weighted by atomic mass is 32.2. The summed E-state index contributed by atoms with van der Waals surface area (Å²) in [6.07, 6.45) is 3.26. The van der Waals surface area contributed by atoms with Gasteiger partial charge in [0.2, 0.25) is 5.89 Å². The largest absolute Gasteiger partial charge is 0.420 e. The van der Waals surface area contributed by atoms with Gasteiger partial charge in [-0.2, -0.15) is 0 Å². The van der Waals surface area contributed by atoms with E-state index in [1.54, 1.807) is 6.07 Å². The Morgan fingerprint density at radius 2 is 1.88 bits per heavy atom. The van der Waals surface area contributed by atoms with E-state index in [1.807, 2.05) is 0 Å². The summed E-state index contributed by atoms with van der Waals surface area (Å²) in [6.45, 7) is 0. The fourth-order valence-electron chi connectivity index (χ4n) is 2.46. The number of anilines is 1. The van der Waals surface area contributed by atoms with E-state index in [9.17, 15) is 12.8 Å². The summed E-state index contributed by atoms with van der Waals surface area (Å²) in [4.78, 5) is 0.595. The molecule has 130 valence electrons. The van der Waals surface area contributed by atoms with E-state index in [0.29, 0.717) is 28.3 Å². The minimum absolute atomic E-state index is 0.121. The highest BCUT2D eigenvalue weighted by Crippen LogP contribution is 2.37. The van der Waals surface area contributed by atoms with Gasteiger partial charge in [0.15, 0.2) is 0 Å². The van der Waals surface area contributed by atoms with Gasteiger partial charge in [0.25, 0.3) is 15.9 Å². The second-order valence-electron chi connectivity index (χ2n) is 5.80. The molecule has 6 nitrogen and oxygen atoms in total. The normalized spacial score (nSPS) is 15.1. The van der Waals surface area contributed by atoms with Crippen LogP contribution >= 0.6 is 11.3 Å². The van der Waals surface area contributed by atoms with Crippen molar-refractivity contribution in [1.29, 1.82) is 0 Å². The maximum absolute atomic E-state index is 12.9. The highest BCUT2D eigenvalue weighted by molar-refractivity contribution is 7.94. The van der Waals surface area contributed by atoms with Crippen molar-refractivity contribution in [2.24, 2.45) is 0 Å². The van der Waals surface area contributed by atoms with Gasteiger partial charge in [-0.1, -0.05) is 6.42 Å². The summed E-state index contributed by atoms with van der Waals surface area (Å²) in [5.41, 5.74) is 0.293. The lowest BCUT2D eigenvalue weighted by Crippen LogP contribution is -2.11. The molecule has 1 saturated carbocycles. The first-order valence-electron chi connectivity index (χ1n) is 7.73. The first-order chi connectivity index (χ1) is 12.0. The number of aromatic nitrogens is 2. The fraction of sp³-hybridized carbons (Fsp3) is 0.250. The van der Waals surface area contributed by atoms with E-state index < -0.39 is 15.8 Å². The molecule has 2 heterocycles. The molecule has 0 bridgehead atoms. The molecule has 0 atom stereocenters. The number of hydrogen-bond acceptors (Lipinski definition) is 6. The van der Waals surface area contributed by atoms with Crippen LogP contribution in [0.5, 0.6) is 0 Å². The van der Waals surface area contributed by atoms with Crippen LogP contribution in [0.1, 0.15) is 31.1 Å². The van der Waals surface area contributed by atoms with E-state index in [0.717, 1.165) is 24.2 Å². The molecule has 3 aromatic rings. The average molecular weight is 379 g/mol. The number of halogens is 1. The lowest BCUT2D eigenvalue weighted by molar-refractivity contribution is 0.338. The molecule has 1 aliphatic rings. The third kappa shape index (κ3) is 3.29. The Hall–Kier alpha value is -2.26. The molecule has 0 spiro atoms. The summed E-state index contributed by atoms with van der Waals surface area (Å²) >= 11 is 1.05. The smallest absolute Gasteiger partial charge is 0.271 e. The minimum atomic E-state index is -3.76. The molecule has 1 N–H and O–H groups in total. The number of rotatable bonds is 5. The third-order valence-corrected chi connectivity index (χ3v) is 6.99. The van der Waals surface area contributed by atoms with E-state index in [4.69, 9.17) is 4.42 Å². The van der Waals surface area contributed by atoms with Crippen LogP contribution in [0, 0.1) is 5.82 Å². The van der Waals surface area contributed by atoms with E-state index in [2.05, 4.69) is 14.9 Å². The molecule has 1 aromatic carbocycles. The van der Waals surface area contributed by atoms with Crippen LogP contribution in [-0.4, -0.2) is 18.6 Å². The van der Waals surface area contributed by atoms with E-state index in [-0.39, 0.29) is 4.21 Å². The molecule has 4 rings (SSSR count). The Bertz CT molecular complexity index is 992. The lowest BCUT2D eigenvalue weighted by atomic mass is 9.85. The maximum Gasteiger partial charge on any atom is 0.271 e. The maximum atomic E-state index is 12.9. The number of nitrogens with one attached hydrogen (secondary N) is 1. The number of hydrogen-bond donors (Lipinski definition) is 1. The molecule has 25 heavy (non-hydrogen) atoms. The summed E-state index contributed by atoms with van der Waals surface area (Å²) < 4.78 is 46.0. The fourth-order valence-corrected chi connectivity index (χ4v) is 4.74. The van der Waals surface area contributed by atoms with Gasteiger partial charge in [-0.15, -0.1) is 21.5 Å². The second-order valence-corrected chi connectivity index (χ2v) is 8.80. The van der Waals surface area contributed by atoms with Crippen LogP contribution in [-0.2, 0) is 10.0 Å². The zero-order valence-corrected chi connectivity index (χ0v) is 14.6. The molecule has 9 heteroatoms. The molecule has 1 fully saturated rings. The number of nitrogens with zero attached hydrogens (tertiary/aromatic N) is 2. The standard InChI is InChI=1S/C16H14FN3O3S2/c17-11-4-6-12(7-5-11)20-25(21,22)14-9-8-13(24-14)16-19-18-15(23-16)10-2-1-3-10/h4-10,20H,1-3H2. The molecule has 0 radical (unpaired) electrons. The van der Waals surface area contributed by atoms with Gasteiger partial charge in [0.05, 0.1) is 4.88 Å².